The van der Waals surface area contributed by atoms with Gasteiger partial charge in [0.2, 0.25) is 0 Å². The third-order valence-corrected chi connectivity index (χ3v) is 6.93. The first-order valence-electron chi connectivity index (χ1n) is 9.42. The van der Waals surface area contributed by atoms with Crippen LogP contribution in [0.1, 0.15) is 26.1 Å². The van der Waals surface area contributed by atoms with Crippen molar-refractivity contribution >= 4 is 40.5 Å². The minimum atomic E-state index is -0.361. The molecule has 1 heterocycles. The topological polar surface area (TPSA) is 46.1 Å². The molecule has 1 N–H and O–H groups in total. The molecule has 0 aromatic heterocycles. The standard InChI is InChI=1S/C22H24ClFN3O2.Sb/c1-13-7-9-19(24)18(15(13)3)11-20(22-26-25-16(4)29-22)27(5)12-28-21-10-17(23)8-6-14(21)2;/h6-11,20,25H,4,12H2,1-3,5H3;. The van der Waals surface area contributed by atoms with Crippen molar-refractivity contribution in [2.75, 3.05) is 13.8 Å². The van der Waals surface area contributed by atoms with Crippen molar-refractivity contribution in [3.63, 3.8) is 0 Å². The Morgan fingerprint density at radius 2 is 1.97 bits per heavy atom. The number of rotatable bonds is 7. The van der Waals surface area contributed by atoms with Gasteiger partial charge in [0, 0.05) is 0 Å². The van der Waals surface area contributed by atoms with Crippen LogP contribution < -0.4 is 10.2 Å². The summed E-state index contributed by atoms with van der Waals surface area (Å²) in [5.41, 5.74) is 6.34. The molecule has 0 amide bonds. The van der Waals surface area contributed by atoms with E-state index in [2.05, 4.69) is 17.1 Å². The normalized spacial score (nSPS) is 15.5. The molecule has 3 rings (SSSR count). The van der Waals surface area contributed by atoms with E-state index in [9.17, 15) is 4.39 Å². The molecule has 2 aromatic carbocycles. The molecule has 0 spiro atoms. The van der Waals surface area contributed by atoms with Crippen molar-refractivity contribution in [2.24, 2.45) is 5.10 Å². The van der Waals surface area contributed by atoms with Gasteiger partial charge in [0.1, 0.15) is 0 Å². The van der Waals surface area contributed by atoms with Gasteiger partial charge in [0.15, 0.2) is 0 Å². The Kier molecular flexibility index (Phi) is 7.33. The average Bonchev–Trinajstić information content (AvgIpc) is 3.11. The van der Waals surface area contributed by atoms with E-state index in [0.29, 0.717) is 28.1 Å². The van der Waals surface area contributed by atoms with Crippen LogP contribution in [0.4, 0.5) is 4.39 Å². The third kappa shape index (κ3) is 4.93. The SMILES string of the molecule is C=C1NN=C(C([C@H]([Sb])c2c(F)ccc(C)c2C)N(C)COc2cc(Cl)ccc2C)O1. The van der Waals surface area contributed by atoms with Crippen molar-refractivity contribution in [1.29, 1.82) is 0 Å². The molecule has 2 atom stereocenters. The van der Waals surface area contributed by atoms with Gasteiger partial charge in [0.05, 0.1) is 0 Å². The summed E-state index contributed by atoms with van der Waals surface area (Å²) in [5, 5.41) is 4.87. The summed E-state index contributed by atoms with van der Waals surface area (Å²) in [6, 6.07) is 8.46. The van der Waals surface area contributed by atoms with E-state index in [-0.39, 0.29) is 22.5 Å². The number of hydrogen-bond acceptors (Lipinski definition) is 5. The molecule has 2 radical (unpaired) electrons. The van der Waals surface area contributed by atoms with Gasteiger partial charge < -0.3 is 0 Å². The number of nitrogens with zero attached hydrogens (tertiary/aromatic N) is 2. The Balaban J connectivity index is 1.90. The van der Waals surface area contributed by atoms with E-state index in [4.69, 9.17) is 21.1 Å². The number of benzene rings is 2. The van der Waals surface area contributed by atoms with Crippen molar-refractivity contribution in [1.82, 2.24) is 10.3 Å². The summed E-state index contributed by atoms with van der Waals surface area (Å²) in [7, 11) is 1.89. The van der Waals surface area contributed by atoms with E-state index in [1.54, 1.807) is 12.1 Å². The monoisotopic (exact) mass is 537 g/mol. The molecular formula is C22H24ClFN3O2Sb. The Bertz CT molecular complexity index is 999. The van der Waals surface area contributed by atoms with E-state index in [1.807, 2.05) is 44.9 Å². The average molecular weight is 539 g/mol. The molecule has 8 heteroatoms. The van der Waals surface area contributed by atoms with Gasteiger partial charge in [-0.3, -0.25) is 0 Å². The van der Waals surface area contributed by atoms with Gasteiger partial charge in [-0.15, -0.1) is 0 Å². The summed E-state index contributed by atoms with van der Waals surface area (Å²) in [6.07, 6.45) is 0. The second kappa shape index (κ2) is 9.59. The summed E-state index contributed by atoms with van der Waals surface area (Å²) >= 11 is 7.60. The number of likely N-dealkylation sites (N-methyl/N-ethyl adjacent to an activating group) is 1. The molecule has 0 bridgehead atoms. The first-order chi connectivity index (χ1) is 14.2. The minimum absolute atomic E-state index is 0.209. The molecule has 158 valence electrons. The van der Waals surface area contributed by atoms with E-state index < -0.39 is 0 Å². The van der Waals surface area contributed by atoms with Gasteiger partial charge in [-0.05, 0) is 0 Å². The van der Waals surface area contributed by atoms with Gasteiger partial charge in [-0.2, -0.15) is 0 Å². The van der Waals surface area contributed by atoms with Crippen LogP contribution in [0.2, 0.25) is 5.02 Å². The van der Waals surface area contributed by atoms with Gasteiger partial charge in [-0.1, -0.05) is 0 Å². The fraction of sp³-hybridized carbons (Fsp3) is 0.318. The van der Waals surface area contributed by atoms with E-state index in [0.717, 1.165) is 16.7 Å². The molecule has 0 saturated heterocycles. The quantitative estimate of drug-likeness (QED) is 0.421. The maximum absolute atomic E-state index is 14.8. The third-order valence-electron chi connectivity index (χ3n) is 5.15. The fourth-order valence-corrected chi connectivity index (χ4v) is 5.37. The molecule has 1 unspecified atom stereocenters. The number of halogens is 2. The second-order valence-corrected chi connectivity index (χ2v) is 9.34. The van der Waals surface area contributed by atoms with Crippen LogP contribution >= 0.6 is 11.6 Å². The van der Waals surface area contributed by atoms with Crippen molar-refractivity contribution < 1.29 is 13.9 Å². The second-order valence-electron chi connectivity index (χ2n) is 7.32. The molecule has 2 aromatic rings. The number of hydrogen-bond donors (Lipinski definition) is 1. The molecule has 1 aliphatic rings. The fourth-order valence-electron chi connectivity index (χ4n) is 3.29. The molecule has 5 nitrogen and oxygen atoms in total. The summed E-state index contributed by atoms with van der Waals surface area (Å²) < 4.78 is 26.4. The van der Waals surface area contributed by atoms with Crippen molar-refractivity contribution in [3.05, 3.63) is 75.9 Å². The van der Waals surface area contributed by atoms with Crippen LogP contribution in [0.25, 0.3) is 0 Å². The van der Waals surface area contributed by atoms with E-state index in [1.165, 1.54) is 29.1 Å². The van der Waals surface area contributed by atoms with Crippen molar-refractivity contribution in [3.8, 4) is 5.75 Å². The van der Waals surface area contributed by atoms with Crippen LogP contribution in [-0.2, 0) is 4.74 Å². The summed E-state index contributed by atoms with van der Waals surface area (Å²) in [6.45, 7) is 9.88. The molecule has 30 heavy (non-hydrogen) atoms. The van der Waals surface area contributed by atoms with Crippen molar-refractivity contribution in [2.45, 2.75) is 30.7 Å². The van der Waals surface area contributed by atoms with Gasteiger partial charge in [0.25, 0.3) is 0 Å². The van der Waals surface area contributed by atoms with Crippen LogP contribution in [-0.4, -0.2) is 53.6 Å². The Morgan fingerprint density at radius 1 is 1.27 bits per heavy atom. The van der Waals surface area contributed by atoms with Crippen LogP contribution in [0.5, 0.6) is 5.75 Å². The maximum atomic E-state index is 14.8. The zero-order chi connectivity index (χ0) is 22.0. The van der Waals surface area contributed by atoms with Crippen LogP contribution in [0, 0.1) is 26.6 Å². The Labute approximate surface area is 195 Å². The Hall–Kier alpha value is -1.75. The summed E-state index contributed by atoms with van der Waals surface area (Å²) in [5.74, 6) is 1.23. The van der Waals surface area contributed by atoms with Crippen LogP contribution in [0.15, 0.2) is 47.9 Å². The molecular weight excluding hydrogens is 514 g/mol. The first-order valence-corrected chi connectivity index (χ1v) is 11.3. The first kappa shape index (κ1) is 22.9. The molecule has 0 aliphatic carbocycles. The summed E-state index contributed by atoms with van der Waals surface area (Å²) in [4.78, 5) is 1.95. The molecule has 0 saturated carbocycles. The predicted molar refractivity (Wildman–Crippen MR) is 118 cm³/mol. The molecule has 0 fully saturated rings. The zero-order valence-electron chi connectivity index (χ0n) is 17.4. The number of nitrogens with one attached hydrogen (secondary N) is 1. The van der Waals surface area contributed by atoms with Gasteiger partial charge >= 0.3 is 196 Å². The Morgan fingerprint density at radius 3 is 2.63 bits per heavy atom. The number of ether oxygens (including phenoxy) is 2. The van der Waals surface area contributed by atoms with Gasteiger partial charge in [-0.25, -0.2) is 0 Å². The zero-order valence-corrected chi connectivity index (χ0v) is 20.7. The number of hydrazone groups is 1. The van der Waals surface area contributed by atoms with Crippen LogP contribution in [0.3, 0.4) is 0 Å². The number of aryl methyl sites for hydroxylation is 2. The van der Waals surface area contributed by atoms with E-state index >= 15 is 0 Å². The molecule has 1 aliphatic heterocycles. The predicted octanol–water partition coefficient (Wildman–Crippen LogP) is 4.36.